The number of nitrogens with one attached hydrogen (secondary N) is 1. The van der Waals surface area contributed by atoms with Crippen LogP contribution in [0, 0.1) is 0 Å². The highest BCUT2D eigenvalue weighted by Crippen LogP contribution is 2.26. The lowest BCUT2D eigenvalue weighted by Crippen LogP contribution is -2.28. The number of alkyl halides is 1. The van der Waals surface area contributed by atoms with E-state index < -0.39 is 12.2 Å². The summed E-state index contributed by atoms with van der Waals surface area (Å²) in [6, 6.07) is 0. The van der Waals surface area contributed by atoms with Gasteiger partial charge in [0.15, 0.2) is 6.10 Å². The minimum atomic E-state index is -0.880. The van der Waals surface area contributed by atoms with Crippen molar-refractivity contribution >= 4 is 50.9 Å². The Kier molecular flexibility index (Phi) is 6.37. The van der Waals surface area contributed by atoms with E-state index in [1.807, 2.05) is 0 Å². The van der Waals surface area contributed by atoms with E-state index in [2.05, 4.69) is 26.2 Å². The molecule has 3 N–H and O–H groups in total. The molecule has 0 aliphatic heterocycles. The zero-order valence-corrected chi connectivity index (χ0v) is 12.3. The number of thiazole rings is 1. The van der Waals surface area contributed by atoms with Crippen LogP contribution >= 0.6 is 38.9 Å². The first kappa shape index (κ1) is 15.2. The van der Waals surface area contributed by atoms with Gasteiger partial charge in [-0.05, 0) is 15.9 Å². The summed E-state index contributed by atoms with van der Waals surface area (Å²) in [7, 11) is 0. The summed E-state index contributed by atoms with van der Waals surface area (Å²) in [6.45, 7) is 0.320. The zero-order chi connectivity index (χ0) is 13.5. The Morgan fingerprint density at radius 2 is 2.39 bits per heavy atom. The number of rotatable bonds is 6. The van der Waals surface area contributed by atoms with E-state index in [4.69, 9.17) is 22.1 Å². The maximum atomic E-state index is 11.0. The maximum absolute atomic E-state index is 11.0. The van der Waals surface area contributed by atoms with Gasteiger partial charge in [0, 0.05) is 18.3 Å². The SMILES string of the molecule is NC(=O)OC(CCNC(=O)CCl)c1nc(Br)cs1. The molecule has 1 aromatic heterocycles. The van der Waals surface area contributed by atoms with E-state index in [0.29, 0.717) is 22.6 Å². The Balaban J connectivity index is 2.56. The average Bonchev–Trinajstić information content (AvgIpc) is 2.73. The molecule has 1 heterocycles. The molecule has 18 heavy (non-hydrogen) atoms. The van der Waals surface area contributed by atoms with Gasteiger partial charge in [-0.3, -0.25) is 4.79 Å². The van der Waals surface area contributed by atoms with Gasteiger partial charge in [-0.1, -0.05) is 0 Å². The van der Waals surface area contributed by atoms with Crippen molar-refractivity contribution < 1.29 is 14.3 Å². The number of hydrogen-bond acceptors (Lipinski definition) is 5. The van der Waals surface area contributed by atoms with E-state index >= 15 is 0 Å². The Morgan fingerprint density at radius 1 is 1.67 bits per heavy atom. The lowest BCUT2D eigenvalue weighted by Gasteiger charge is -2.14. The van der Waals surface area contributed by atoms with Crippen LogP contribution < -0.4 is 11.1 Å². The van der Waals surface area contributed by atoms with Crippen molar-refractivity contribution in [3.8, 4) is 0 Å². The number of nitrogens with zero attached hydrogens (tertiary/aromatic N) is 1. The summed E-state index contributed by atoms with van der Waals surface area (Å²) in [5.41, 5.74) is 4.99. The van der Waals surface area contributed by atoms with Crippen LogP contribution in [0.15, 0.2) is 9.98 Å². The summed E-state index contributed by atoms with van der Waals surface area (Å²) in [6.07, 6.45) is -1.07. The molecular weight excluding hydrogens is 346 g/mol. The second-order valence-corrected chi connectivity index (χ2v) is 5.18. The number of nitrogens with two attached hydrogens (primary N) is 1. The second kappa shape index (κ2) is 7.55. The van der Waals surface area contributed by atoms with Crippen molar-refractivity contribution in [3.05, 3.63) is 15.0 Å². The first-order valence-electron chi connectivity index (χ1n) is 4.92. The first-order chi connectivity index (χ1) is 8.52. The van der Waals surface area contributed by atoms with Crippen LogP contribution in [-0.2, 0) is 9.53 Å². The van der Waals surface area contributed by atoms with Gasteiger partial charge >= 0.3 is 6.09 Å². The van der Waals surface area contributed by atoms with E-state index in [1.54, 1.807) is 5.38 Å². The number of hydrogen-bond donors (Lipinski definition) is 2. The number of carbonyl (C=O) groups is 2. The van der Waals surface area contributed by atoms with Gasteiger partial charge < -0.3 is 15.8 Å². The fourth-order valence-corrected chi connectivity index (χ4v) is 2.60. The van der Waals surface area contributed by atoms with Gasteiger partial charge in [-0.2, -0.15) is 0 Å². The Hall–Kier alpha value is -0.860. The van der Waals surface area contributed by atoms with Gasteiger partial charge in [-0.25, -0.2) is 9.78 Å². The van der Waals surface area contributed by atoms with Gasteiger partial charge in [0.2, 0.25) is 5.91 Å². The lowest BCUT2D eigenvalue weighted by atomic mass is 10.2. The quantitative estimate of drug-likeness (QED) is 0.760. The maximum Gasteiger partial charge on any atom is 0.405 e. The molecule has 0 spiro atoms. The van der Waals surface area contributed by atoms with Crippen LogP contribution in [0.2, 0.25) is 0 Å². The van der Waals surface area contributed by atoms with Crippen molar-refractivity contribution in [3.63, 3.8) is 0 Å². The topological polar surface area (TPSA) is 94.3 Å². The zero-order valence-electron chi connectivity index (χ0n) is 9.19. The molecule has 0 radical (unpaired) electrons. The molecule has 1 unspecified atom stereocenters. The van der Waals surface area contributed by atoms with Crippen molar-refractivity contribution in [1.29, 1.82) is 0 Å². The summed E-state index contributed by atoms with van der Waals surface area (Å²) >= 11 is 9.88. The number of carbonyl (C=O) groups excluding carboxylic acids is 2. The van der Waals surface area contributed by atoms with E-state index in [-0.39, 0.29) is 11.8 Å². The van der Waals surface area contributed by atoms with Crippen molar-refractivity contribution in [2.45, 2.75) is 12.5 Å². The second-order valence-electron chi connectivity index (χ2n) is 3.21. The monoisotopic (exact) mass is 355 g/mol. The number of primary amides is 1. The van der Waals surface area contributed by atoms with E-state index in [0.717, 1.165) is 0 Å². The van der Waals surface area contributed by atoms with Crippen molar-refractivity contribution in [2.24, 2.45) is 5.73 Å². The van der Waals surface area contributed by atoms with Crippen LogP contribution in [0.25, 0.3) is 0 Å². The normalized spacial score (nSPS) is 11.9. The molecular formula is C9H11BrClN3O3S. The molecule has 1 aromatic rings. The molecule has 0 bridgehead atoms. The lowest BCUT2D eigenvalue weighted by molar-refractivity contribution is -0.118. The molecule has 6 nitrogen and oxygen atoms in total. The third-order valence-corrected chi connectivity index (χ3v) is 3.77. The number of aromatic nitrogens is 1. The number of halogens is 2. The molecule has 0 saturated heterocycles. The highest BCUT2D eigenvalue weighted by molar-refractivity contribution is 9.10. The largest absolute Gasteiger partial charge is 0.439 e. The molecule has 9 heteroatoms. The van der Waals surface area contributed by atoms with Crippen LogP contribution in [-0.4, -0.2) is 29.4 Å². The molecule has 0 aliphatic carbocycles. The third-order valence-electron chi connectivity index (χ3n) is 1.88. The molecule has 1 atom stereocenters. The first-order valence-corrected chi connectivity index (χ1v) is 7.13. The van der Waals surface area contributed by atoms with Gasteiger partial charge in [0.25, 0.3) is 0 Å². The van der Waals surface area contributed by atoms with Crippen molar-refractivity contribution in [1.82, 2.24) is 10.3 Å². The third kappa shape index (κ3) is 5.19. The van der Waals surface area contributed by atoms with Gasteiger partial charge in [0.1, 0.15) is 15.5 Å². The summed E-state index contributed by atoms with van der Waals surface area (Å²) in [4.78, 5) is 25.9. The number of amides is 2. The highest BCUT2D eigenvalue weighted by Gasteiger charge is 2.19. The highest BCUT2D eigenvalue weighted by atomic mass is 79.9. The van der Waals surface area contributed by atoms with Crippen LogP contribution in [0.3, 0.4) is 0 Å². The van der Waals surface area contributed by atoms with Crippen LogP contribution in [0.1, 0.15) is 17.5 Å². The molecule has 0 aromatic carbocycles. The predicted molar refractivity (Wildman–Crippen MR) is 71.6 cm³/mol. The number of ether oxygens (including phenoxy) is 1. The summed E-state index contributed by atoms with van der Waals surface area (Å²) in [5, 5.41) is 4.95. The molecule has 2 amide bonds. The van der Waals surface area contributed by atoms with Crippen LogP contribution in [0.4, 0.5) is 4.79 Å². The smallest absolute Gasteiger partial charge is 0.405 e. The molecule has 0 fully saturated rings. The minimum Gasteiger partial charge on any atom is -0.439 e. The molecule has 1 rings (SSSR count). The Morgan fingerprint density at radius 3 is 2.89 bits per heavy atom. The minimum absolute atomic E-state index is 0.107. The average molecular weight is 357 g/mol. The standard InChI is InChI=1S/C9H11BrClN3O3S/c10-6-4-18-8(14-6)5(17-9(12)16)1-2-13-7(15)3-11/h4-5H,1-3H2,(H2,12,16)(H,13,15). The van der Waals surface area contributed by atoms with Gasteiger partial charge in [-0.15, -0.1) is 22.9 Å². The molecule has 100 valence electrons. The van der Waals surface area contributed by atoms with E-state index in [1.165, 1.54) is 11.3 Å². The van der Waals surface area contributed by atoms with E-state index in [9.17, 15) is 9.59 Å². The van der Waals surface area contributed by atoms with Gasteiger partial charge in [0.05, 0.1) is 0 Å². The summed E-state index contributed by atoms with van der Waals surface area (Å²) in [5.74, 6) is -0.390. The fourth-order valence-electron chi connectivity index (χ4n) is 1.18. The summed E-state index contributed by atoms with van der Waals surface area (Å²) < 4.78 is 5.60. The Labute approximate surface area is 121 Å². The predicted octanol–water partition coefficient (Wildman–Crippen LogP) is 1.79. The molecule has 0 aliphatic rings. The Bertz CT molecular complexity index is 429. The fraction of sp³-hybridized carbons (Fsp3) is 0.444. The molecule has 0 saturated carbocycles. The van der Waals surface area contributed by atoms with Crippen molar-refractivity contribution in [2.75, 3.05) is 12.4 Å². The van der Waals surface area contributed by atoms with Crippen LogP contribution in [0.5, 0.6) is 0 Å².